The lowest BCUT2D eigenvalue weighted by Gasteiger charge is -2.20. The minimum atomic E-state index is -0.243. The highest BCUT2D eigenvalue weighted by atomic mass is 16.2. The Morgan fingerprint density at radius 3 is 2.76 bits per heavy atom. The lowest BCUT2D eigenvalue weighted by Crippen LogP contribution is -2.38. The van der Waals surface area contributed by atoms with Crippen molar-refractivity contribution in [1.82, 2.24) is 5.32 Å². The first-order valence-electron chi connectivity index (χ1n) is 7.60. The van der Waals surface area contributed by atoms with Gasteiger partial charge in [0, 0.05) is 24.7 Å². The van der Waals surface area contributed by atoms with E-state index in [0.29, 0.717) is 13.0 Å². The number of aryl methyl sites for hydroxylation is 2. The molecule has 1 aliphatic heterocycles. The summed E-state index contributed by atoms with van der Waals surface area (Å²) in [5.41, 5.74) is 3.17. The Bertz CT molecular complexity index is 554. The molecule has 0 spiro atoms. The number of nitrogens with one attached hydrogen (secondary N) is 1. The van der Waals surface area contributed by atoms with Crippen molar-refractivity contribution in [2.45, 2.75) is 46.6 Å². The third-order valence-corrected chi connectivity index (χ3v) is 4.14. The van der Waals surface area contributed by atoms with Crippen LogP contribution >= 0.6 is 0 Å². The summed E-state index contributed by atoms with van der Waals surface area (Å²) in [7, 11) is 0. The van der Waals surface area contributed by atoms with Gasteiger partial charge in [0.15, 0.2) is 0 Å². The highest BCUT2D eigenvalue weighted by Gasteiger charge is 2.35. The molecule has 4 heteroatoms. The zero-order valence-electron chi connectivity index (χ0n) is 13.3. The molecule has 0 unspecified atom stereocenters. The van der Waals surface area contributed by atoms with Gasteiger partial charge in [-0.25, -0.2) is 0 Å². The highest BCUT2D eigenvalue weighted by molar-refractivity contribution is 6.00. The van der Waals surface area contributed by atoms with Gasteiger partial charge in [-0.1, -0.05) is 24.6 Å². The Balaban J connectivity index is 2.11. The van der Waals surface area contributed by atoms with Crippen molar-refractivity contribution < 1.29 is 9.59 Å². The van der Waals surface area contributed by atoms with Gasteiger partial charge in [0.05, 0.1) is 5.92 Å². The van der Waals surface area contributed by atoms with E-state index in [1.807, 2.05) is 39.8 Å². The third kappa shape index (κ3) is 3.43. The van der Waals surface area contributed by atoms with Gasteiger partial charge in [-0.05, 0) is 38.8 Å². The highest BCUT2D eigenvalue weighted by Crippen LogP contribution is 2.28. The van der Waals surface area contributed by atoms with Crippen molar-refractivity contribution in [3.8, 4) is 0 Å². The lowest BCUT2D eigenvalue weighted by atomic mass is 10.1. The SMILES string of the molecule is CC[C@H](C)NC(=O)[C@@H]1CC(=O)N(c2ccc(C)cc2C)C1. The average Bonchev–Trinajstić information content (AvgIpc) is 2.80. The van der Waals surface area contributed by atoms with Crippen LogP contribution in [0.4, 0.5) is 5.69 Å². The maximum atomic E-state index is 12.2. The van der Waals surface area contributed by atoms with Gasteiger partial charge in [0.1, 0.15) is 0 Å². The molecule has 2 atom stereocenters. The summed E-state index contributed by atoms with van der Waals surface area (Å²) < 4.78 is 0. The third-order valence-electron chi connectivity index (χ3n) is 4.14. The van der Waals surface area contributed by atoms with Crippen LogP contribution in [0, 0.1) is 19.8 Å². The minimum absolute atomic E-state index is 0.00929. The van der Waals surface area contributed by atoms with Gasteiger partial charge in [-0.2, -0.15) is 0 Å². The van der Waals surface area contributed by atoms with Crippen LogP contribution < -0.4 is 10.2 Å². The summed E-state index contributed by atoms with van der Waals surface area (Å²) >= 11 is 0. The van der Waals surface area contributed by atoms with E-state index in [-0.39, 0.29) is 23.8 Å². The second kappa shape index (κ2) is 6.29. The van der Waals surface area contributed by atoms with Gasteiger partial charge in [-0.3, -0.25) is 9.59 Å². The van der Waals surface area contributed by atoms with Crippen molar-refractivity contribution in [3.63, 3.8) is 0 Å². The molecular formula is C17H24N2O2. The van der Waals surface area contributed by atoms with Crippen molar-refractivity contribution >= 4 is 17.5 Å². The number of carbonyl (C=O) groups excluding carboxylic acids is 2. The maximum absolute atomic E-state index is 12.2. The maximum Gasteiger partial charge on any atom is 0.227 e. The molecule has 0 radical (unpaired) electrons. The fourth-order valence-corrected chi connectivity index (χ4v) is 2.69. The Hall–Kier alpha value is -1.84. The predicted molar refractivity (Wildman–Crippen MR) is 84.3 cm³/mol. The molecule has 1 aromatic rings. The van der Waals surface area contributed by atoms with E-state index < -0.39 is 0 Å². The van der Waals surface area contributed by atoms with Crippen LogP contribution in [0.15, 0.2) is 18.2 Å². The molecule has 1 fully saturated rings. The van der Waals surface area contributed by atoms with Crippen LogP contribution in [0.3, 0.4) is 0 Å². The Morgan fingerprint density at radius 2 is 2.14 bits per heavy atom. The molecule has 1 aromatic carbocycles. The molecule has 0 saturated carbocycles. The monoisotopic (exact) mass is 288 g/mol. The first-order valence-corrected chi connectivity index (χ1v) is 7.60. The average molecular weight is 288 g/mol. The van der Waals surface area contributed by atoms with Gasteiger partial charge in [0.2, 0.25) is 11.8 Å². The molecule has 21 heavy (non-hydrogen) atoms. The first kappa shape index (κ1) is 15.5. The zero-order valence-corrected chi connectivity index (χ0v) is 13.3. The second-order valence-corrected chi connectivity index (χ2v) is 6.01. The minimum Gasteiger partial charge on any atom is -0.353 e. The topological polar surface area (TPSA) is 49.4 Å². The molecule has 1 heterocycles. The number of carbonyl (C=O) groups is 2. The van der Waals surface area contributed by atoms with Gasteiger partial charge in [0.25, 0.3) is 0 Å². The van der Waals surface area contributed by atoms with E-state index >= 15 is 0 Å². The summed E-state index contributed by atoms with van der Waals surface area (Å²) in [5.74, 6) is -0.219. The quantitative estimate of drug-likeness (QED) is 0.925. The number of nitrogens with zero attached hydrogens (tertiary/aromatic N) is 1. The summed E-state index contributed by atoms with van der Waals surface area (Å²) in [5, 5.41) is 2.97. The van der Waals surface area contributed by atoms with E-state index in [2.05, 4.69) is 11.4 Å². The normalized spacial score (nSPS) is 19.7. The number of anilines is 1. The smallest absolute Gasteiger partial charge is 0.227 e. The summed E-state index contributed by atoms with van der Waals surface area (Å²) in [6.45, 7) is 8.53. The molecule has 0 aromatic heterocycles. The number of amides is 2. The second-order valence-electron chi connectivity index (χ2n) is 6.01. The largest absolute Gasteiger partial charge is 0.353 e. The molecule has 0 aliphatic carbocycles. The molecule has 1 saturated heterocycles. The van der Waals surface area contributed by atoms with Crippen LogP contribution in [-0.2, 0) is 9.59 Å². The van der Waals surface area contributed by atoms with E-state index in [1.54, 1.807) is 4.90 Å². The van der Waals surface area contributed by atoms with Gasteiger partial charge >= 0.3 is 0 Å². The summed E-state index contributed by atoms with van der Waals surface area (Å²) in [6, 6.07) is 6.19. The fourth-order valence-electron chi connectivity index (χ4n) is 2.69. The molecular weight excluding hydrogens is 264 g/mol. The van der Waals surface area contributed by atoms with Gasteiger partial charge < -0.3 is 10.2 Å². The molecule has 2 amide bonds. The van der Waals surface area contributed by atoms with E-state index in [0.717, 1.165) is 17.7 Å². The number of rotatable bonds is 4. The first-order chi connectivity index (χ1) is 9.92. The molecule has 0 bridgehead atoms. The molecule has 4 nitrogen and oxygen atoms in total. The van der Waals surface area contributed by atoms with Crippen molar-refractivity contribution in [2.75, 3.05) is 11.4 Å². The fraction of sp³-hybridized carbons (Fsp3) is 0.529. The molecule has 2 rings (SSSR count). The van der Waals surface area contributed by atoms with Crippen molar-refractivity contribution in [1.29, 1.82) is 0 Å². The van der Waals surface area contributed by atoms with Crippen LogP contribution in [0.1, 0.15) is 37.8 Å². The van der Waals surface area contributed by atoms with E-state index in [1.165, 1.54) is 5.56 Å². The van der Waals surface area contributed by atoms with E-state index in [4.69, 9.17) is 0 Å². The van der Waals surface area contributed by atoms with Crippen molar-refractivity contribution in [3.05, 3.63) is 29.3 Å². The molecule has 1 aliphatic rings. The molecule has 1 N–H and O–H groups in total. The lowest BCUT2D eigenvalue weighted by molar-refractivity contribution is -0.126. The van der Waals surface area contributed by atoms with Crippen molar-refractivity contribution in [2.24, 2.45) is 5.92 Å². The zero-order chi connectivity index (χ0) is 15.6. The Morgan fingerprint density at radius 1 is 1.43 bits per heavy atom. The van der Waals surface area contributed by atoms with Crippen LogP contribution in [-0.4, -0.2) is 24.4 Å². The van der Waals surface area contributed by atoms with Crippen LogP contribution in [0.2, 0.25) is 0 Å². The Kier molecular flexibility index (Phi) is 4.66. The standard InChI is InChI=1S/C17H24N2O2/c1-5-13(4)18-17(21)14-9-16(20)19(10-14)15-7-6-11(2)8-12(15)3/h6-8,13-14H,5,9-10H2,1-4H3,(H,18,21)/t13-,14+/m0/s1. The van der Waals surface area contributed by atoms with E-state index in [9.17, 15) is 9.59 Å². The number of hydrogen-bond donors (Lipinski definition) is 1. The number of benzene rings is 1. The Labute approximate surface area is 126 Å². The number of hydrogen-bond acceptors (Lipinski definition) is 2. The summed E-state index contributed by atoms with van der Waals surface area (Å²) in [4.78, 5) is 26.2. The van der Waals surface area contributed by atoms with Crippen LogP contribution in [0.5, 0.6) is 0 Å². The summed E-state index contributed by atoms with van der Waals surface area (Å²) in [6.07, 6.45) is 1.20. The predicted octanol–water partition coefficient (Wildman–Crippen LogP) is 2.57. The van der Waals surface area contributed by atoms with Gasteiger partial charge in [-0.15, -0.1) is 0 Å². The molecule has 114 valence electrons. The van der Waals surface area contributed by atoms with Crippen LogP contribution in [0.25, 0.3) is 0 Å².